The van der Waals surface area contributed by atoms with E-state index in [2.05, 4.69) is 47.7 Å². The van der Waals surface area contributed by atoms with Crippen molar-refractivity contribution in [2.75, 3.05) is 20.7 Å². The maximum atomic E-state index is 6.28. The van der Waals surface area contributed by atoms with Crippen LogP contribution in [0.25, 0.3) is 16.6 Å². The van der Waals surface area contributed by atoms with Gasteiger partial charge in [0.15, 0.2) is 0 Å². The minimum absolute atomic E-state index is 0.363. The molecule has 0 saturated carbocycles. The van der Waals surface area contributed by atoms with Crippen LogP contribution in [-0.2, 0) is 6.42 Å². The summed E-state index contributed by atoms with van der Waals surface area (Å²) in [5.74, 6) is 0.872. The van der Waals surface area contributed by atoms with Gasteiger partial charge in [-0.25, -0.2) is 0 Å². The first-order chi connectivity index (χ1) is 11.6. The van der Waals surface area contributed by atoms with E-state index in [1.807, 2.05) is 18.2 Å². The lowest BCUT2D eigenvalue weighted by molar-refractivity contribution is 0.241. The van der Waals surface area contributed by atoms with Crippen LogP contribution in [0.15, 0.2) is 42.5 Å². The Labute approximate surface area is 147 Å². The lowest BCUT2D eigenvalue weighted by atomic mass is 9.99. The van der Waals surface area contributed by atoms with E-state index in [1.54, 1.807) is 7.11 Å². The number of ether oxygens (including phenoxy) is 1. The molecule has 1 aromatic heterocycles. The molecule has 0 bridgehead atoms. The molecule has 3 aromatic rings. The van der Waals surface area contributed by atoms with Gasteiger partial charge in [0, 0.05) is 34.4 Å². The van der Waals surface area contributed by atoms with Gasteiger partial charge in [0.05, 0.1) is 12.6 Å². The molecule has 1 aliphatic heterocycles. The molecule has 2 heterocycles. The van der Waals surface area contributed by atoms with Crippen LogP contribution < -0.4 is 4.74 Å². The van der Waals surface area contributed by atoms with Crippen molar-refractivity contribution in [3.63, 3.8) is 0 Å². The Hall–Kier alpha value is -1.97. The number of nitrogens with zero attached hydrogens (tertiary/aromatic N) is 2. The molecular weight excluding hydrogens is 320 g/mol. The number of aromatic nitrogens is 1. The van der Waals surface area contributed by atoms with Crippen molar-refractivity contribution in [1.82, 2.24) is 9.47 Å². The summed E-state index contributed by atoms with van der Waals surface area (Å²) in [6, 6.07) is 14.8. The van der Waals surface area contributed by atoms with Gasteiger partial charge < -0.3 is 9.30 Å². The van der Waals surface area contributed by atoms with Gasteiger partial charge in [-0.15, -0.1) is 0 Å². The molecule has 1 aliphatic rings. The second kappa shape index (κ2) is 5.83. The summed E-state index contributed by atoms with van der Waals surface area (Å²) in [5, 5.41) is 2.07. The van der Waals surface area contributed by atoms with Gasteiger partial charge in [0.25, 0.3) is 0 Å². The van der Waals surface area contributed by atoms with Crippen LogP contribution in [0.1, 0.15) is 24.2 Å². The van der Waals surface area contributed by atoms with Gasteiger partial charge in [0.2, 0.25) is 0 Å². The molecular formula is C20H21ClN2O. The van der Waals surface area contributed by atoms with Crippen molar-refractivity contribution in [2.24, 2.45) is 0 Å². The van der Waals surface area contributed by atoms with Gasteiger partial charge >= 0.3 is 0 Å². The number of likely N-dealkylation sites (N-methyl/N-ethyl adjacent to an activating group) is 1. The lowest BCUT2D eigenvalue weighted by Gasteiger charge is -2.31. The summed E-state index contributed by atoms with van der Waals surface area (Å²) in [4.78, 5) is 2.41. The Morgan fingerprint density at radius 2 is 1.88 bits per heavy atom. The van der Waals surface area contributed by atoms with Gasteiger partial charge in [-0.2, -0.15) is 0 Å². The normalized spacial score (nSPS) is 17.9. The minimum atomic E-state index is 0.363. The Kier molecular flexibility index (Phi) is 3.78. The maximum absolute atomic E-state index is 6.28. The van der Waals surface area contributed by atoms with Gasteiger partial charge in [-0.1, -0.05) is 11.6 Å². The lowest BCUT2D eigenvalue weighted by Crippen LogP contribution is -2.31. The van der Waals surface area contributed by atoms with Crippen LogP contribution in [0.3, 0.4) is 0 Å². The van der Waals surface area contributed by atoms with Crippen LogP contribution >= 0.6 is 11.6 Å². The predicted octanol–water partition coefficient (Wildman–Crippen LogP) is 4.84. The first-order valence-corrected chi connectivity index (χ1v) is 8.65. The Bertz CT molecular complexity index is 898. The zero-order valence-corrected chi connectivity index (χ0v) is 15.0. The Balaban J connectivity index is 2.02. The third kappa shape index (κ3) is 2.31. The topological polar surface area (TPSA) is 17.4 Å². The van der Waals surface area contributed by atoms with Crippen LogP contribution in [0.4, 0.5) is 0 Å². The average molecular weight is 341 g/mol. The molecule has 0 radical (unpaired) electrons. The van der Waals surface area contributed by atoms with Crippen LogP contribution in [0.2, 0.25) is 5.02 Å². The summed E-state index contributed by atoms with van der Waals surface area (Å²) in [7, 11) is 3.89. The number of halogens is 1. The smallest absolute Gasteiger partial charge is 0.119 e. The van der Waals surface area contributed by atoms with Crippen LogP contribution in [-0.4, -0.2) is 30.2 Å². The second-order valence-electron chi connectivity index (χ2n) is 6.47. The molecule has 24 heavy (non-hydrogen) atoms. The van der Waals surface area contributed by atoms with Crippen molar-refractivity contribution in [2.45, 2.75) is 19.4 Å². The van der Waals surface area contributed by atoms with E-state index in [4.69, 9.17) is 16.3 Å². The first kappa shape index (κ1) is 15.6. The van der Waals surface area contributed by atoms with Crippen molar-refractivity contribution in [3.8, 4) is 11.4 Å². The van der Waals surface area contributed by atoms with E-state index < -0.39 is 0 Å². The zero-order chi connectivity index (χ0) is 16.8. The first-order valence-electron chi connectivity index (χ1n) is 8.27. The quantitative estimate of drug-likeness (QED) is 0.664. The van der Waals surface area contributed by atoms with E-state index in [-0.39, 0.29) is 0 Å². The number of rotatable bonds is 2. The average Bonchev–Trinajstić information content (AvgIpc) is 2.92. The largest absolute Gasteiger partial charge is 0.497 e. The second-order valence-corrected chi connectivity index (χ2v) is 6.90. The number of methoxy groups -OCH3 is 1. The summed E-state index contributed by atoms with van der Waals surface area (Å²) >= 11 is 6.28. The summed E-state index contributed by atoms with van der Waals surface area (Å²) in [6.07, 6.45) is 1.05. The molecule has 124 valence electrons. The number of fused-ring (bicyclic) bond motifs is 3. The van der Waals surface area contributed by atoms with E-state index in [1.165, 1.54) is 22.2 Å². The standard InChI is InChI=1S/C20H21ClN2O/c1-13-20-17(10-11-22(13)2)18-12-14(21)4-9-19(18)23(20)15-5-7-16(24-3)8-6-15/h4-9,12-13H,10-11H2,1-3H3. The maximum Gasteiger partial charge on any atom is 0.119 e. The molecule has 0 fully saturated rings. The summed E-state index contributed by atoms with van der Waals surface area (Å²) in [6.45, 7) is 3.35. The molecule has 1 unspecified atom stereocenters. The highest BCUT2D eigenvalue weighted by atomic mass is 35.5. The summed E-state index contributed by atoms with van der Waals surface area (Å²) < 4.78 is 7.68. The molecule has 0 spiro atoms. The fourth-order valence-electron chi connectivity index (χ4n) is 3.75. The molecule has 0 amide bonds. The predicted molar refractivity (Wildman–Crippen MR) is 99.6 cm³/mol. The zero-order valence-electron chi connectivity index (χ0n) is 14.2. The van der Waals surface area contributed by atoms with Gasteiger partial charge in [-0.05, 0) is 68.4 Å². The fraction of sp³-hybridized carbons (Fsp3) is 0.300. The molecule has 0 aliphatic carbocycles. The monoisotopic (exact) mass is 340 g/mol. The number of benzene rings is 2. The van der Waals surface area contributed by atoms with Gasteiger partial charge in [0.1, 0.15) is 5.75 Å². The van der Waals surface area contributed by atoms with Crippen LogP contribution in [0, 0.1) is 0 Å². The van der Waals surface area contributed by atoms with Crippen molar-refractivity contribution in [3.05, 3.63) is 58.7 Å². The highest BCUT2D eigenvalue weighted by molar-refractivity contribution is 6.31. The molecule has 1 atom stereocenters. The molecule has 4 rings (SSSR count). The molecule has 3 nitrogen and oxygen atoms in total. The van der Waals surface area contributed by atoms with E-state index in [0.29, 0.717) is 6.04 Å². The number of hydrogen-bond donors (Lipinski definition) is 0. The molecule has 2 aromatic carbocycles. The van der Waals surface area contributed by atoms with Crippen LogP contribution in [0.5, 0.6) is 5.75 Å². The fourth-order valence-corrected chi connectivity index (χ4v) is 3.92. The summed E-state index contributed by atoms with van der Waals surface area (Å²) in [5.41, 5.74) is 5.17. The molecule has 4 heteroatoms. The van der Waals surface area contributed by atoms with Crippen molar-refractivity contribution in [1.29, 1.82) is 0 Å². The number of hydrogen-bond acceptors (Lipinski definition) is 2. The van der Waals surface area contributed by atoms with E-state index in [9.17, 15) is 0 Å². The molecule has 0 N–H and O–H groups in total. The van der Waals surface area contributed by atoms with E-state index in [0.717, 1.165) is 29.4 Å². The van der Waals surface area contributed by atoms with E-state index >= 15 is 0 Å². The minimum Gasteiger partial charge on any atom is -0.497 e. The third-order valence-corrected chi connectivity index (χ3v) is 5.41. The Morgan fingerprint density at radius 3 is 2.58 bits per heavy atom. The van der Waals surface area contributed by atoms with Crippen molar-refractivity contribution >= 4 is 22.5 Å². The van der Waals surface area contributed by atoms with Gasteiger partial charge in [-0.3, -0.25) is 4.90 Å². The highest BCUT2D eigenvalue weighted by Crippen LogP contribution is 2.39. The third-order valence-electron chi connectivity index (χ3n) is 5.18. The Morgan fingerprint density at radius 1 is 1.12 bits per heavy atom. The SMILES string of the molecule is COc1ccc(-n2c3c(c4cc(Cl)ccc42)CCN(C)C3C)cc1. The van der Waals surface area contributed by atoms with Crippen molar-refractivity contribution < 1.29 is 4.74 Å². The molecule has 0 saturated heterocycles. The highest BCUT2D eigenvalue weighted by Gasteiger charge is 2.28.